The van der Waals surface area contributed by atoms with E-state index in [-0.39, 0.29) is 41.8 Å². The molecule has 5 rings (SSSR count). The van der Waals surface area contributed by atoms with E-state index in [2.05, 4.69) is 4.90 Å². The Morgan fingerprint density at radius 3 is 2.34 bits per heavy atom. The molecule has 8 heteroatoms. The van der Waals surface area contributed by atoms with Crippen LogP contribution >= 0.6 is 12.4 Å². The molecular weight excluding hydrogens is 542 g/mol. The van der Waals surface area contributed by atoms with Crippen molar-refractivity contribution in [1.29, 1.82) is 0 Å². The molecule has 2 N–H and O–H groups in total. The number of benzene rings is 3. The fraction of sp³-hybridized carbons (Fsp3) is 0.424. The quantitative estimate of drug-likeness (QED) is 0.260. The molecule has 0 aromatic heterocycles. The Labute approximate surface area is 248 Å². The first-order valence-corrected chi connectivity index (χ1v) is 14.1. The number of halogens is 1. The molecule has 1 saturated heterocycles. The Balaban J connectivity index is 0.00000387. The van der Waals surface area contributed by atoms with Crippen LogP contribution in [-0.2, 0) is 10.4 Å². The monoisotopic (exact) mass is 581 g/mol. The van der Waals surface area contributed by atoms with Crippen LogP contribution in [0, 0.1) is 5.41 Å². The normalized spacial score (nSPS) is 20.7. The maximum atomic E-state index is 12.5. The van der Waals surface area contributed by atoms with Crippen molar-refractivity contribution in [2.24, 2.45) is 5.41 Å². The van der Waals surface area contributed by atoms with Gasteiger partial charge in [-0.05, 0) is 70.0 Å². The molecule has 2 aliphatic heterocycles. The average molecular weight is 582 g/mol. The number of aliphatic hydroxyl groups is 1. The largest absolute Gasteiger partial charge is 0.507 e. The molecule has 0 spiro atoms. The van der Waals surface area contributed by atoms with E-state index in [1.165, 1.54) is 25.3 Å². The summed E-state index contributed by atoms with van der Waals surface area (Å²) in [6, 6.07) is 20.0. The number of esters is 1. The van der Waals surface area contributed by atoms with Gasteiger partial charge in [-0.15, -0.1) is 12.4 Å². The number of carbonyl (C=O) groups excluding carboxylic acids is 1. The van der Waals surface area contributed by atoms with Gasteiger partial charge in [-0.25, -0.2) is 0 Å². The molecule has 41 heavy (non-hydrogen) atoms. The van der Waals surface area contributed by atoms with E-state index in [1.807, 2.05) is 54.6 Å². The lowest BCUT2D eigenvalue weighted by molar-refractivity contribution is -0.143. The first-order valence-electron chi connectivity index (χ1n) is 14.1. The number of nitrogens with zero attached hydrogens (tertiary/aromatic N) is 1. The number of hydrogen-bond acceptors (Lipinski definition) is 7. The molecule has 2 unspecified atom stereocenters. The minimum atomic E-state index is -1.61. The summed E-state index contributed by atoms with van der Waals surface area (Å²) in [4.78, 5) is 14.9. The average Bonchev–Trinajstić information content (AvgIpc) is 2.94. The topological polar surface area (TPSA) is 88.5 Å². The van der Waals surface area contributed by atoms with Gasteiger partial charge in [0.05, 0.1) is 23.5 Å². The Morgan fingerprint density at radius 1 is 1.00 bits per heavy atom. The highest BCUT2D eigenvalue weighted by molar-refractivity contribution is 5.85. The van der Waals surface area contributed by atoms with Crippen LogP contribution in [-0.4, -0.2) is 53.9 Å². The standard InChI is InChI=1S/C33H39NO6.ClH/c1-32(2,3)31(36)40-26-20-28(35)30-29(21-26)39-22-27(23-10-6-4-7-11-23)33(30,37)24-12-14-25(15-13-24)38-19-18-34-16-8-5-9-17-34;/h4,6-7,10-15,20-21,27,35,37H,5,8-9,16-19,22H2,1-3H3;1H. The van der Waals surface area contributed by atoms with Crippen molar-refractivity contribution in [1.82, 2.24) is 4.90 Å². The van der Waals surface area contributed by atoms with Crippen molar-refractivity contribution < 1.29 is 29.2 Å². The predicted octanol–water partition coefficient (Wildman–Crippen LogP) is 6.04. The summed E-state index contributed by atoms with van der Waals surface area (Å²) in [7, 11) is 0. The second-order valence-electron chi connectivity index (χ2n) is 11.8. The first-order chi connectivity index (χ1) is 19.2. The van der Waals surface area contributed by atoms with E-state index >= 15 is 0 Å². The van der Waals surface area contributed by atoms with E-state index in [0.29, 0.717) is 12.2 Å². The van der Waals surface area contributed by atoms with Crippen LogP contribution in [0.25, 0.3) is 0 Å². The van der Waals surface area contributed by atoms with E-state index in [1.54, 1.807) is 26.8 Å². The molecule has 220 valence electrons. The minimum absolute atomic E-state index is 0. The summed E-state index contributed by atoms with van der Waals surface area (Å²) in [6.45, 7) is 9.18. The number of fused-ring (bicyclic) bond motifs is 1. The molecule has 3 aromatic rings. The van der Waals surface area contributed by atoms with Gasteiger partial charge in [0, 0.05) is 18.7 Å². The molecule has 3 aromatic carbocycles. The molecule has 0 amide bonds. The zero-order chi connectivity index (χ0) is 28.3. The van der Waals surface area contributed by atoms with Gasteiger partial charge in [0.15, 0.2) is 0 Å². The first kappa shape index (κ1) is 30.7. The summed E-state index contributed by atoms with van der Waals surface area (Å²) >= 11 is 0. The van der Waals surface area contributed by atoms with Crippen LogP contribution in [0.5, 0.6) is 23.0 Å². The fourth-order valence-corrected chi connectivity index (χ4v) is 5.51. The zero-order valence-corrected chi connectivity index (χ0v) is 24.8. The van der Waals surface area contributed by atoms with Crippen molar-refractivity contribution in [2.45, 2.75) is 51.6 Å². The van der Waals surface area contributed by atoms with Crippen molar-refractivity contribution in [3.8, 4) is 23.0 Å². The highest BCUT2D eigenvalue weighted by Gasteiger charge is 2.48. The zero-order valence-electron chi connectivity index (χ0n) is 24.0. The Morgan fingerprint density at radius 2 is 1.68 bits per heavy atom. The molecule has 2 aliphatic rings. The van der Waals surface area contributed by atoms with Crippen LogP contribution in [0.3, 0.4) is 0 Å². The number of likely N-dealkylation sites (tertiary alicyclic amines) is 1. The summed E-state index contributed by atoms with van der Waals surface area (Å²) in [5.41, 5.74) is -0.618. The maximum Gasteiger partial charge on any atom is 0.316 e. The molecule has 2 heterocycles. The molecule has 0 aliphatic carbocycles. The van der Waals surface area contributed by atoms with Crippen molar-refractivity contribution in [3.05, 3.63) is 83.4 Å². The fourth-order valence-electron chi connectivity index (χ4n) is 5.51. The Kier molecular flexibility index (Phi) is 9.52. The second-order valence-corrected chi connectivity index (χ2v) is 11.8. The lowest BCUT2D eigenvalue weighted by Gasteiger charge is -2.42. The number of aromatic hydroxyl groups is 1. The van der Waals surface area contributed by atoms with Gasteiger partial charge in [-0.3, -0.25) is 9.69 Å². The number of hydrogen-bond donors (Lipinski definition) is 2. The molecule has 2 atom stereocenters. The Bertz CT molecular complexity index is 1320. The second kappa shape index (κ2) is 12.7. The van der Waals surface area contributed by atoms with E-state index in [4.69, 9.17) is 14.2 Å². The van der Waals surface area contributed by atoms with E-state index < -0.39 is 22.9 Å². The van der Waals surface area contributed by atoms with Crippen LogP contribution in [0.4, 0.5) is 0 Å². The van der Waals surface area contributed by atoms with Crippen LogP contribution in [0.2, 0.25) is 0 Å². The maximum absolute atomic E-state index is 12.5. The number of rotatable bonds is 7. The van der Waals surface area contributed by atoms with Gasteiger partial charge in [0.1, 0.15) is 35.2 Å². The molecule has 0 radical (unpaired) electrons. The van der Waals surface area contributed by atoms with E-state index in [9.17, 15) is 15.0 Å². The predicted molar refractivity (Wildman–Crippen MR) is 160 cm³/mol. The number of piperidine rings is 1. The third-order valence-electron chi connectivity index (χ3n) is 7.79. The summed E-state index contributed by atoms with van der Waals surface area (Å²) in [6.07, 6.45) is 3.79. The number of ether oxygens (including phenoxy) is 3. The van der Waals surface area contributed by atoms with Crippen LogP contribution in [0.15, 0.2) is 66.7 Å². The molecule has 1 fully saturated rings. The molecule has 0 bridgehead atoms. The van der Waals surface area contributed by atoms with Gasteiger partial charge < -0.3 is 24.4 Å². The van der Waals surface area contributed by atoms with Crippen LogP contribution in [0.1, 0.15) is 62.6 Å². The van der Waals surface area contributed by atoms with Gasteiger partial charge in [-0.1, -0.05) is 48.9 Å². The number of carbonyl (C=O) groups is 1. The van der Waals surface area contributed by atoms with Gasteiger partial charge in [-0.2, -0.15) is 0 Å². The van der Waals surface area contributed by atoms with E-state index in [0.717, 1.165) is 30.9 Å². The molecular formula is C33H40ClNO6. The van der Waals surface area contributed by atoms with Gasteiger partial charge in [0.2, 0.25) is 0 Å². The lowest BCUT2D eigenvalue weighted by atomic mass is 9.71. The van der Waals surface area contributed by atoms with Crippen LogP contribution < -0.4 is 14.2 Å². The third-order valence-corrected chi connectivity index (χ3v) is 7.79. The summed E-state index contributed by atoms with van der Waals surface area (Å²) in [5, 5.41) is 23.8. The van der Waals surface area contributed by atoms with Gasteiger partial charge >= 0.3 is 5.97 Å². The highest BCUT2D eigenvalue weighted by Crippen LogP contribution is 2.53. The number of phenols is 1. The smallest absolute Gasteiger partial charge is 0.316 e. The highest BCUT2D eigenvalue weighted by atomic mass is 35.5. The summed E-state index contributed by atoms with van der Waals surface area (Å²) < 4.78 is 17.6. The van der Waals surface area contributed by atoms with Crippen molar-refractivity contribution >= 4 is 18.4 Å². The SMILES string of the molecule is CC(C)(C)C(=O)Oc1cc(O)c2c(c1)OCC(c1ccccc1)C2(O)c1ccc(OCCN2CCCCC2)cc1.Cl. The van der Waals surface area contributed by atoms with Crippen molar-refractivity contribution in [3.63, 3.8) is 0 Å². The number of phenolic OH excluding ortho intramolecular Hbond substituents is 1. The summed E-state index contributed by atoms with van der Waals surface area (Å²) in [5.74, 6) is 0.0139. The molecule has 7 nitrogen and oxygen atoms in total. The lowest BCUT2D eigenvalue weighted by Crippen LogP contribution is -2.42. The Hall–Kier alpha value is -3.26. The molecule has 0 saturated carbocycles. The van der Waals surface area contributed by atoms with Crippen molar-refractivity contribution in [2.75, 3.05) is 32.8 Å². The minimum Gasteiger partial charge on any atom is -0.507 e. The van der Waals surface area contributed by atoms with Gasteiger partial charge in [0.25, 0.3) is 0 Å². The third kappa shape index (κ3) is 6.64.